The summed E-state index contributed by atoms with van der Waals surface area (Å²) in [5.74, 6) is -0.823. The first-order valence-electron chi connectivity index (χ1n) is 4.27. The number of hydrogen-bond donors (Lipinski definition) is 1. The lowest BCUT2D eigenvalue weighted by molar-refractivity contribution is -0.140. The number of fused-ring (bicyclic) bond motifs is 1. The Morgan fingerprint density at radius 1 is 1.25 bits per heavy atom. The van der Waals surface area contributed by atoms with Crippen LogP contribution in [-0.2, 0) is 6.18 Å². The molecule has 2 aromatic rings. The summed E-state index contributed by atoms with van der Waals surface area (Å²) in [6.45, 7) is 0. The normalized spacial score (nSPS) is 12.0. The molecular weight excluding hydrogens is 226 g/mol. The third-order valence-electron chi connectivity index (χ3n) is 2.22. The van der Waals surface area contributed by atoms with E-state index >= 15 is 0 Å². The van der Waals surface area contributed by atoms with Crippen molar-refractivity contribution in [2.24, 2.45) is 0 Å². The van der Waals surface area contributed by atoms with Crippen molar-refractivity contribution >= 4 is 17.2 Å². The lowest BCUT2D eigenvalue weighted by Gasteiger charge is -2.03. The fourth-order valence-corrected chi connectivity index (χ4v) is 1.55. The minimum absolute atomic E-state index is 0.0673. The standard InChI is InChI=1S/C10H5F4NO/c11-7-3-1-2-5-6(4-16)9(10(12,13)14)15-8(5)7/h1-4,15H. The van der Waals surface area contributed by atoms with Crippen molar-refractivity contribution in [3.8, 4) is 0 Å². The van der Waals surface area contributed by atoms with Crippen LogP contribution in [0.1, 0.15) is 16.1 Å². The minimum Gasteiger partial charge on any atom is -0.348 e. The molecule has 0 aliphatic carbocycles. The van der Waals surface area contributed by atoms with Crippen LogP contribution in [0.4, 0.5) is 17.6 Å². The molecule has 2 nitrogen and oxygen atoms in total. The molecule has 0 aliphatic rings. The average molecular weight is 231 g/mol. The van der Waals surface area contributed by atoms with E-state index in [-0.39, 0.29) is 17.2 Å². The molecule has 0 saturated heterocycles. The number of H-pyrrole nitrogens is 1. The van der Waals surface area contributed by atoms with Crippen LogP contribution < -0.4 is 0 Å². The van der Waals surface area contributed by atoms with Gasteiger partial charge < -0.3 is 4.98 Å². The molecule has 1 heterocycles. The van der Waals surface area contributed by atoms with Crippen molar-refractivity contribution in [1.82, 2.24) is 4.98 Å². The van der Waals surface area contributed by atoms with Gasteiger partial charge in [0, 0.05) is 5.39 Å². The van der Waals surface area contributed by atoms with Gasteiger partial charge in [-0.2, -0.15) is 13.2 Å². The summed E-state index contributed by atoms with van der Waals surface area (Å²) in [7, 11) is 0. The van der Waals surface area contributed by atoms with Crippen molar-refractivity contribution in [2.75, 3.05) is 0 Å². The van der Waals surface area contributed by atoms with Gasteiger partial charge in [0.25, 0.3) is 0 Å². The molecule has 16 heavy (non-hydrogen) atoms. The van der Waals surface area contributed by atoms with Gasteiger partial charge in [-0.05, 0) is 6.07 Å². The first kappa shape index (κ1) is 10.7. The summed E-state index contributed by atoms with van der Waals surface area (Å²) in [5, 5.41) is -0.0673. The predicted molar refractivity (Wildman–Crippen MR) is 48.6 cm³/mol. The number of aromatic nitrogens is 1. The number of halogens is 4. The molecule has 0 spiro atoms. The topological polar surface area (TPSA) is 32.9 Å². The SMILES string of the molecule is O=Cc1c(C(F)(F)F)[nH]c2c(F)cccc12. The number of carbonyl (C=O) groups is 1. The molecule has 0 bridgehead atoms. The highest BCUT2D eigenvalue weighted by atomic mass is 19.4. The third kappa shape index (κ3) is 1.46. The van der Waals surface area contributed by atoms with E-state index in [1.165, 1.54) is 12.1 Å². The van der Waals surface area contributed by atoms with E-state index in [2.05, 4.69) is 0 Å². The number of aromatic amines is 1. The molecule has 0 aliphatic heterocycles. The summed E-state index contributed by atoms with van der Waals surface area (Å²) >= 11 is 0. The quantitative estimate of drug-likeness (QED) is 0.593. The Kier molecular flexibility index (Phi) is 2.22. The summed E-state index contributed by atoms with van der Waals surface area (Å²) in [6, 6.07) is 3.53. The van der Waals surface area contributed by atoms with E-state index in [4.69, 9.17) is 0 Å². The van der Waals surface area contributed by atoms with E-state index < -0.39 is 23.3 Å². The summed E-state index contributed by atoms with van der Waals surface area (Å²) in [4.78, 5) is 12.5. The van der Waals surface area contributed by atoms with E-state index in [1.807, 2.05) is 4.98 Å². The van der Waals surface area contributed by atoms with Crippen molar-refractivity contribution in [2.45, 2.75) is 6.18 Å². The molecule has 0 unspecified atom stereocenters. The maximum atomic E-state index is 13.2. The second-order valence-electron chi connectivity index (χ2n) is 3.19. The summed E-state index contributed by atoms with van der Waals surface area (Å²) < 4.78 is 50.7. The van der Waals surface area contributed by atoms with Gasteiger partial charge in [0.2, 0.25) is 0 Å². The molecular formula is C10H5F4NO. The molecule has 0 radical (unpaired) electrons. The van der Waals surface area contributed by atoms with Gasteiger partial charge in [0.15, 0.2) is 6.29 Å². The zero-order valence-corrected chi connectivity index (χ0v) is 7.73. The second-order valence-corrected chi connectivity index (χ2v) is 3.19. The Labute approximate surface area is 86.9 Å². The maximum absolute atomic E-state index is 13.2. The Morgan fingerprint density at radius 3 is 2.50 bits per heavy atom. The number of nitrogens with one attached hydrogen (secondary N) is 1. The predicted octanol–water partition coefficient (Wildman–Crippen LogP) is 3.14. The zero-order chi connectivity index (χ0) is 11.9. The maximum Gasteiger partial charge on any atom is 0.431 e. The van der Waals surface area contributed by atoms with Crippen LogP contribution in [0.5, 0.6) is 0 Å². The highest BCUT2D eigenvalue weighted by Crippen LogP contribution is 2.35. The number of hydrogen-bond acceptors (Lipinski definition) is 1. The second kappa shape index (κ2) is 3.33. The zero-order valence-electron chi connectivity index (χ0n) is 7.73. The fourth-order valence-electron chi connectivity index (χ4n) is 1.55. The van der Waals surface area contributed by atoms with Crippen LogP contribution in [-0.4, -0.2) is 11.3 Å². The lowest BCUT2D eigenvalue weighted by Crippen LogP contribution is -2.08. The fraction of sp³-hybridized carbons (Fsp3) is 0.100. The number of rotatable bonds is 1. The van der Waals surface area contributed by atoms with Crippen molar-refractivity contribution in [1.29, 1.82) is 0 Å². The highest BCUT2D eigenvalue weighted by molar-refractivity contribution is 5.99. The van der Waals surface area contributed by atoms with Gasteiger partial charge in [-0.15, -0.1) is 0 Å². The number of aldehydes is 1. The van der Waals surface area contributed by atoms with Crippen LogP contribution in [0, 0.1) is 5.82 Å². The van der Waals surface area contributed by atoms with Crippen LogP contribution in [0.15, 0.2) is 18.2 Å². The van der Waals surface area contributed by atoms with Gasteiger partial charge >= 0.3 is 6.18 Å². The van der Waals surface area contributed by atoms with E-state index in [0.717, 1.165) is 6.07 Å². The summed E-state index contributed by atoms with van der Waals surface area (Å²) in [6.07, 6.45) is -4.64. The van der Waals surface area contributed by atoms with Crippen molar-refractivity contribution in [3.05, 3.63) is 35.3 Å². The molecule has 0 saturated carbocycles. The van der Waals surface area contributed by atoms with Gasteiger partial charge in [0.05, 0.1) is 11.1 Å². The van der Waals surface area contributed by atoms with Crippen LogP contribution >= 0.6 is 0 Å². The number of para-hydroxylation sites is 1. The van der Waals surface area contributed by atoms with Gasteiger partial charge in [-0.1, -0.05) is 12.1 Å². The molecule has 0 atom stereocenters. The minimum atomic E-state index is -4.71. The average Bonchev–Trinajstić information content (AvgIpc) is 2.57. The van der Waals surface area contributed by atoms with E-state index in [0.29, 0.717) is 0 Å². The number of alkyl halides is 3. The Bertz CT molecular complexity index is 556. The smallest absolute Gasteiger partial charge is 0.348 e. The molecule has 6 heteroatoms. The molecule has 1 aromatic carbocycles. The Balaban J connectivity index is 2.87. The first-order valence-corrected chi connectivity index (χ1v) is 4.27. The first-order chi connectivity index (χ1) is 7.45. The van der Waals surface area contributed by atoms with Crippen molar-refractivity contribution in [3.63, 3.8) is 0 Å². The summed E-state index contributed by atoms with van der Waals surface area (Å²) in [5.41, 5.74) is -2.10. The molecule has 2 rings (SSSR count). The number of carbonyl (C=O) groups excluding carboxylic acids is 1. The van der Waals surface area contributed by atoms with Gasteiger partial charge in [-0.3, -0.25) is 4.79 Å². The molecule has 0 fully saturated rings. The molecule has 1 aromatic heterocycles. The van der Waals surface area contributed by atoms with Crippen LogP contribution in [0.3, 0.4) is 0 Å². The molecule has 0 amide bonds. The van der Waals surface area contributed by atoms with Crippen LogP contribution in [0.2, 0.25) is 0 Å². The highest BCUT2D eigenvalue weighted by Gasteiger charge is 2.36. The monoisotopic (exact) mass is 231 g/mol. The Morgan fingerprint density at radius 2 is 1.94 bits per heavy atom. The van der Waals surface area contributed by atoms with Gasteiger partial charge in [0.1, 0.15) is 11.5 Å². The molecule has 84 valence electrons. The lowest BCUT2D eigenvalue weighted by atomic mass is 10.1. The van der Waals surface area contributed by atoms with Gasteiger partial charge in [-0.25, -0.2) is 4.39 Å². The molecule has 1 N–H and O–H groups in total. The van der Waals surface area contributed by atoms with Crippen molar-refractivity contribution < 1.29 is 22.4 Å². The third-order valence-corrected chi connectivity index (χ3v) is 2.22. The van der Waals surface area contributed by atoms with Crippen LogP contribution in [0.25, 0.3) is 10.9 Å². The largest absolute Gasteiger partial charge is 0.431 e. The van der Waals surface area contributed by atoms with E-state index in [9.17, 15) is 22.4 Å². The van der Waals surface area contributed by atoms with E-state index in [1.54, 1.807) is 0 Å². The Hall–Kier alpha value is -1.85. The number of benzene rings is 1.